The molecule has 8 aromatic carbocycles. The van der Waals surface area contributed by atoms with E-state index in [-0.39, 0.29) is 11.8 Å². The highest BCUT2D eigenvalue weighted by Crippen LogP contribution is 2.31. The number of nitrogens with one attached hydrogen (secondary N) is 4. The lowest BCUT2D eigenvalue weighted by atomic mass is 10.0. The van der Waals surface area contributed by atoms with Gasteiger partial charge in [0.1, 0.15) is 22.1 Å². The van der Waals surface area contributed by atoms with Crippen molar-refractivity contribution in [3.05, 3.63) is 190 Å². The maximum atomic E-state index is 13.1. The SMILES string of the molecule is Cc1cc2nc3c(C)c(C)c(N)cc3[n+](-c3ccccc3)c2cc1NCCCCCCNC(=O)c1ccc(-c2ccc(C(=O)NCCCCCCNc3cc4c(cc3C)nc3c(C)c(C)c(N)cc3[n+]4-c3ccccc3)cc2)cc1. The summed E-state index contributed by atoms with van der Waals surface area (Å²) in [5, 5.41) is 13.6. The van der Waals surface area contributed by atoms with E-state index in [1.807, 2.05) is 72.8 Å². The van der Waals surface area contributed by atoms with E-state index in [0.29, 0.717) is 24.2 Å². The number of carbonyl (C=O) groups is 2. The number of aryl methyl sites for hydroxylation is 4. The quantitative estimate of drug-likeness (QED) is 0.0179. The molecule has 0 saturated carbocycles. The first kappa shape index (κ1) is 54.5. The molecule has 0 spiro atoms. The van der Waals surface area contributed by atoms with Crippen LogP contribution in [0.2, 0.25) is 0 Å². The highest BCUT2D eigenvalue weighted by Gasteiger charge is 2.26. The standard InChI is InChI=1S/C68H72N10O2/c1-43-37-59-61(77(53-21-13-11-14-22-53)63-39-55(69)45(3)47(5)65(63)75-59)41-57(43)71-33-17-7-9-19-35-73-67(79)51-29-25-49(26-30-51)50-27-31-52(32-28-50)68(80)74-36-20-10-8-18-34-72-58-42-62-60(38-44(58)2)76-66-48(6)46(4)56(70)40-64(66)78(62)54-23-15-12-16-24-54/h11-16,21-32,37-42H,7-10,17-20,33-36H2,1-6H3,(H6,69,70,71,72,73,74,79,80)/p+2. The Hall–Kier alpha value is -8.90. The van der Waals surface area contributed by atoms with E-state index in [4.69, 9.17) is 21.4 Å². The molecule has 0 radical (unpaired) electrons. The summed E-state index contributed by atoms with van der Waals surface area (Å²) in [6.07, 6.45) is 7.99. The molecule has 0 aliphatic heterocycles. The fourth-order valence-electron chi connectivity index (χ4n) is 10.8. The Morgan fingerprint density at radius 1 is 0.412 bits per heavy atom. The zero-order valence-electron chi connectivity index (χ0n) is 47.1. The fourth-order valence-corrected chi connectivity index (χ4v) is 10.8. The molecule has 0 bridgehead atoms. The van der Waals surface area contributed by atoms with Gasteiger partial charge in [-0.25, -0.2) is 9.97 Å². The van der Waals surface area contributed by atoms with Crippen LogP contribution in [0, 0.1) is 41.5 Å². The second-order valence-electron chi connectivity index (χ2n) is 21.4. The lowest BCUT2D eigenvalue weighted by Gasteiger charge is -2.13. The van der Waals surface area contributed by atoms with E-state index >= 15 is 0 Å². The predicted molar refractivity (Wildman–Crippen MR) is 329 cm³/mol. The summed E-state index contributed by atoms with van der Waals surface area (Å²) in [7, 11) is 0. The number of nitrogens with zero attached hydrogens (tertiary/aromatic N) is 4. The zero-order valence-corrected chi connectivity index (χ0v) is 47.1. The second-order valence-corrected chi connectivity index (χ2v) is 21.4. The number of hydrogen-bond acceptors (Lipinski definition) is 8. The van der Waals surface area contributed by atoms with Crippen LogP contribution in [0.15, 0.2) is 146 Å². The van der Waals surface area contributed by atoms with Gasteiger partial charge in [-0.1, -0.05) is 86.3 Å². The topological polar surface area (TPSA) is 168 Å². The molecule has 0 aliphatic rings. The minimum atomic E-state index is -0.0753. The van der Waals surface area contributed by atoms with Crippen molar-refractivity contribution in [2.45, 2.75) is 92.9 Å². The van der Waals surface area contributed by atoms with Crippen molar-refractivity contribution in [1.29, 1.82) is 0 Å². The number of unbranched alkanes of at least 4 members (excludes halogenated alkanes) is 6. The molecule has 80 heavy (non-hydrogen) atoms. The van der Waals surface area contributed by atoms with Crippen LogP contribution in [-0.2, 0) is 0 Å². The van der Waals surface area contributed by atoms with Crippen LogP contribution >= 0.6 is 0 Å². The van der Waals surface area contributed by atoms with Gasteiger partial charge in [-0.15, -0.1) is 9.13 Å². The number of benzene rings is 8. The summed E-state index contributed by atoms with van der Waals surface area (Å²) >= 11 is 0. The van der Waals surface area contributed by atoms with Crippen LogP contribution < -0.4 is 41.9 Å². The highest BCUT2D eigenvalue weighted by atomic mass is 16.2. The van der Waals surface area contributed by atoms with Crippen molar-refractivity contribution in [3.8, 4) is 22.5 Å². The number of amides is 2. The first-order chi connectivity index (χ1) is 38.8. The number of nitrogen functional groups attached to an aromatic ring is 2. The highest BCUT2D eigenvalue weighted by molar-refractivity contribution is 5.96. The molecule has 10 rings (SSSR count). The van der Waals surface area contributed by atoms with Gasteiger partial charge >= 0.3 is 0 Å². The van der Waals surface area contributed by atoms with Crippen LogP contribution in [-0.4, -0.2) is 48.0 Å². The summed E-state index contributed by atoms with van der Waals surface area (Å²) in [6, 6.07) is 49.0. The van der Waals surface area contributed by atoms with E-state index in [9.17, 15) is 9.59 Å². The maximum Gasteiger partial charge on any atom is 0.251 e. The molecule has 0 fully saturated rings. The third-order valence-electron chi connectivity index (χ3n) is 15.9. The Kier molecular flexibility index (Phi) is 16.6. The van der Waals surface area contributed by atoms with E-state index in [1.54, 1.807) is 0 Å². The third kappa shape index (κ3) is 11.8. The number of carbonyl (C=O) groups excluding carboxylic acids is 2. The summed E-state index contributed by atoms with van der Waals surface area (Å²) in [5.74, 6) is -0.151. The minimum Gasteiger partial charge on any atom is -0.398 e. The first-order valence-electron chi connectivity index (χ1n) is 28.3. The van der Waals surface area contributed by atoms with Gasteiger partial charge in [-0.05, 0) is 148 Å². The maximum absolute atomic E-state index is 13.1. The van der Waals surface area contributed by atoms with E-state index in [0.717, 1.165) is 187 Å². The summed E-state index contributed by atoms with van der Waals surface area (Å²) < 4.78 is 4.54. The van der Waals surface area contributed by atoms with Crippen molar-refractivity contribution in [3.63, 3.8) is 0 Å². The lowest BCUT2D eigenvalue weighted by molar-refractivity contribution is -0.538. The number of para-hydroxylation sites is 2. The molecule has 0 atom stereocenters. The van der Waals surface area contributed by atoms with Crippen LogP contribution in [0.4, 0.5) is 22.7 Å². The fraction of sp³-hybridized carbons (Fsp3) is 0.265. The Balaban J connectivity index is 0.628. The van der Waals surface area contributed by atoms with Gasteiger partial charge in [-0.3, -0.25) is 9.59 Å². The number of hydrogen-bond donors (Lipinski definition) is 6. The van der Waals surface area contributed by atoms with Crippen molar-refractivity contribution >= 4 is 78.7 Å². The number of fused-ring (bicyclic) bond motifs is 4. The van der Waals surface area contributed by atoms with E-state index in [1.165, 1.54) is 0 Å². The Labute approximate surface area is 469 Å². The average molecular weight is 1060 g/mol. The monoisotopic (exact) mass is 1060 g/mol. The van der Waals surface area contributed by atoms with Gasteiger partial charge in [0.05, 0.1) is 0 Å². The zero-order chi connectivity index (χ0) is 55.9. The van der Waals surface area contributed by atoms with Gasteiger partial charge in [0.25, 0.3) is 11.8 Å². The molecule has 2 amide bonds. The summed E-state index contributed by atoms with van der Waals surface area (Å²) in [5.41, 5.74) is 36.5. The summed E-state index contributed by atoms with van der Waals surface area (Å²) in [4.78, 5) is 36.4. The van der Waals surface area contributed by atoms with Crippen LogP contribution in [0.1, 0.15) is 105 Å². The van der Waals surface area contributed by atoms with E-state index < -0.39 is 0 Å². The number of anilines is 4. The van der Waals surface area contributed by atoms with Crippen molar-refractivity contribution < 1.29 is 18.7 Å². The molecule has 12 heteroatoms. The van der Waals surface area contributed by atoms with Gasteiger partial charge in [0.2, 0.25) is 33.4 Å². The molecule has 2 aromatic heterocycles. The molecule has 0 unspecified atom stereocenters. The molecule has 2 heterocycles. The normalized spacial score (nSPS) is 11.4. The smallest absolute Gasteiger partial charge is 0.251 e. The van der Waals surface area contributed by atoms with Gasteiger partial charge < -0.3 is 32.7 Å². The summed E-state index contributed by atoms with van der Waals surface area (Å²) in [6.45, 7) is 15.5. The number of nitrogens with two attached hydrogens (primary N) is 2. The van der Waals surface area contributed by atoms with Gasteiger partial charge in [0, 0.05) is 109 Å². The molecule has 406 valence electrons. The van der Waals surface area contributed by atoms with Gasteiger partial charge in [0.15, 0.2) is 0 Å². The Bertz CT molecular complexity index is 3640. The first-order valence-corrected chi connectivity index (χ1v) is 28.3. The number of rotatable bonds is 21. The molecule has 12 nitrogen and oxygen atoms in total. The average Bonchev–Trinajstić information content (AvgIpc) is 3.21. The van der Waals surface area contributed by atoms with E-state index in [2.05, 4.69) is 145 Å². The molecule has 10 aromatic rings. The Morgan fingerprint density at radius 3 is 1.15 bits per heavy atom. The van der Waals surface area contributed by atoms with Crippen LogP contribution in [0.5, 0.6) is 0 Å². The largest absolute Gasteiger partial charge is 0.398 e. The molecule has 0 saturated heterocycles. The van der Waals surface area contributed by atoms with Crippen molar-refractivity contribution in [2.24, 2.45) is 0 Å². The molecular formula is C68H74N10O2+2. The third-order valence-corrected chi connectivity index (χ3v) is 15.9. The lowest BCUT2D eigenvalue weighted by Crippen LogP contribution is -2.33. The van der Waals surface area contributed by atoms with Gasteiger partial charge in [-0.2, -0.15) is 0 Å². The molecular weight excluding hydrogens is 989 g/mol. The Morgan fingerprint density at radius 2 is 0.775 bits per heavy atom. The minimum absolute atomic E-state index is 0.0753. The molecule has 0 aliphatic carbocycles. The van der Waals surface area contributed by atoms with Crippen LogP contribution in [0.25, 0.3) is 66.6 Å². The number of aromatic nitrogens is 4. The molecule has 8 N–H and O–H groups in total. The van der Waals surface area contributed by atoms with Crippen molar-refractivity contribution in [1.82, 2.24) is 20.6 Å². The second kappa shape index (κ2) is 24.4. The van der Waals surface area contributed by atoms with Crippen molar-refractivity contribution in [2.75, 3.05) is 48.3 Å². The van der Waals surface area contributed by atoms with Crippen LogP contribution in [0.3, 0.4) is 0 Å². The predicted octanol–water partition coefficient (Wildman–Crippen LogP) is 13.1.